The summed E-state index contributed by atoms with van der Waals surface area (Å²) in [5.74, 6) is 0.229. The van der Waals surface area contributed by atoms with Gasteiger partial charge >= 0.3 is 0 Å². The third-order valence-corrected chi connectivity index (χ3v) is 6.90. The van der Waals surface area contributed by atoms with Crippen molar-refractivity contribution in [3.05, 3.63) is 71.8 Å². The van der Waals surface area contributed by atoms with Crippen molar-refractivity contribution < 1.29 is 4.79 Å². The molecule has 29 heavy (non-hydrogen) atoms. The summed E-state index contributed by atoms with van der Waals surface area (Å²) >= 11 is 0. The number of carbonyl (C=O) groups excluding carboxylic acids is 1. The van der Waals surface area contributed by atoms with Crippen LogP contribution in [0.25, 0.3) is 0 Å². The predicted octanol–water partition coefficient (Wildman–Crippen LogP) is 2.86. The summed E-state index contributed by atoms with van der Waals surface area (Å²) in [6, 6.07) is 21.5. The van der Waals surface area contributed by atoms with E-state index in [0.717, 1.165) is 45.2 Å². The molecular weight excluding hydrogens is 360 g/mol. The highest BCUT2D eigenvalue weighted by Crippen LogP contribution is 2.48. The van der Waals surface area contributed by atoms with Crippen LogP contribution in [0.5, 0.6) is 0 Å². The molecule has 5 rings (SSSR count). The van der Waals surface area contributed by atoms with Crippen molar-refractivity contribution >= 4 is 5.91 Å². The van der Waals surface area contributed by atoms with Crippen molar-refractivity contribution in [2.45, 2.75) is 55.8 Å². The van der Waals surface area contributed by atoms with Gasteiger partial charge in [-0.15, -0.1) is 0 Å². The van der Waals surface area contributed by atoms with Gasteiger partial charge in [0, 0.05) is 25.2 Å². The van der Waals surface area contributed by atoms with Crippen LogP contribution in [-0.2, 0) is 10.2 Å². The summed E-state index contributed by atoms with van der Waals surface area (Å²) < 4.78 is 0. The lowest BCUT2D eigenvalue weighted by Crippen LogP contribution is -2.52. The Morgan fingerprint density at radius 3 is 2.24 bits per heavy atom. The number of hydrogen-bond donors (Lipinski definition) is 3. The minimum absolute atomic E-state index is 0.229. The van der Waals surface area contributed by atoms with Crippen LogP contribution in [0, 0.1) is 0 Å². The van der Waals surface area contributed by atoms with Crippen LogP contribution >= 0.6 is 0 Å². The van der Waals surface area contributed by atoms with Crippen LogP contribution in [0.15, 0.2) is 60.7 Å². The molecule has 3 aliphatic rings. The number of rotatable bonds is 5. The van der Waals surface area contributed by atoms with Gasteiger partial charge in [0.05, 0.1) is 11.6 Å². The average molecular weight is 391 g/mol. The van der Waals surface area contributed by atoms with E-state index in [1.54, 1.807) is 0 Å². The Morgan fingerprint density at radius 2 is 1.59 bits per heavy atom. The first-order chi connectivity index (χ1) is 14.2. The van der Waals surface area contributed by atoms with E-state index in [1.807, 2.05) is 18.2 Å². The second-order valence-electron chi connectivity index (χ2n) is 8.74. The molecule has 2 saturated heterocycles. The fraction of sp³-hybridized carbons (Fsp3) is 0.458. The maximum Gasteiger partial charge on any atom is 0.230 e. The van der Waals surface area contributed by atoms with Gasteiger partial charge in [0.1, 0.15) is 0 Å². The maximum absolute atomic E-state index is 13.0. The molecule has 0 radical (unpaired) electrons. The van der Waals surface area contributed by atoms with E-state index in [1.165, 1.54) is 11.1 Å². The highest BCUT2D eigenvalue weighted by atomic mass is 16.2. The number of nitrogens with one attached hydrogen (secondary N) is 3. The summed E-state index contributed by atoms with van der Waals surface area (Å²) in [6.07, 6.45) is 5.41. The first-order valence-electron chi connectivity index (χ1n) is 10.9. The average Bonchev–Trinajstić information content (AvgIpc) is 3.46. The zero-order valence-electron chi connectivity index (χ0n) is 16.8. The van der Waals surface area contributed by atoms with E-state index in [9.17, 15) is 4.79 Å². The van der Waals surface area contributed by atoms with Gasteiger partial charge in [-0.3, -0.25) is 9.69 Å². The zero-order chi connectivity index (χ0) is 19.7. The van der Waals surface area contributed by atoms with Crippen LogP contribution in [0.4, 0.5) is 0 Å². The minimum Gasteiger partial charge on any atom is -0.353 e. The number of nitrogens with zero attached hydrogens (tertiary/aromatic N) is 1. The number of benzene rings is 2. The Kier molecular flexibility index (Phi) is 5.12. The molecule has 2 aliphatic heterocycles. The van der Waals surface area contributed by atoms with E-state index in [-0.39, 0.29) is 11.3 Å². The number of hydrazine groups is 1. The molecule has 2 heterocycles. The molecule has 5 heteroatoms. The van der Waals surface area contributed by atoms with Crippen LogP contribution in [-0.4, -0.2) is 36.1 Å². The fourth-order valence-corrected chi connectivity index (χ4v) is 4.89. The molecular formula is C24H30N4O. The van der Waals surface area contributed by atoms with Crippen molar-refractivity contribution in [2.24, 2.45) is 0 Å². The number of amides is 1. The van der Waals surface area contributed by atoms with E-state index in [0.29, 0.717) is 18.2 Å². The quantitative estimate of drug-likeness (QED) is 0.735. The highest BCUT2D eigenvalue weighted by Gasteiger charge is 2.51. The van der Waals surface area contributed by atoms with Crippen LogP contribution in [0.2, 0.25) is 0 Å². The molecule has 2 aromatic rings. The van der Waals surface area contributed by atoms with E-state index in [4.69, 9.17) is 0 Å². The minimum atomic E-state index is -0.266. The summed E-state index contributed by atoms with van der Waals surface area (Å²) in [5.41, 5.74) is 9.16. The van der Waals surface area contributed by atoms with Crippen LogP contribution < -0.4 is 16.2 Å². The summed E-state index contributed by atoms with van der Waals surface area (Å²) in [5, 5.41) is 3.36. The van der Waals surface area contributed by atoms with E-state index < -0.39 is 0 Å². The lowest BCUT2D eigenvalue weighted by Gasteiger charge is -2.36. The maximum atomic E-state index is 13.0. The van der Waals surface area contributed by atoms with Gasteiger partial charge in [-0.25, -0.2) is 10.9 Å². The summed E-state index contributed by atoms with van der Waals surface area (Å²) in [4.78, 5) is 15.5. The Labute approximate surface area is 172 Å². The smallest absolute Gasteiger partial charge is 0.230 e. The molecule has 2 aromatic carbocycles. The summed E-state index contributed by atoms with van der Waals surface area (Å²) in [7, 11) is 0. The number of carbonyl (C=O) groups is 1. The standard InChI is InChI=1S/C24H30N4O/c29-23(24(13-14-24)19-9-5-2-6-10-19)25-20-11-15-28(16-12-20)22-17-21(26-27-22)18-7-3-1-4-8-18/h1-10,20-22,26-27H,11-17H2,(H,25,29). The van der Waals surface area contributed by atoms with Crippen molar-refractivity contribution in [3.8, 4) is 0 Å². The fourth-order valence-electron chi connectivity index (χ4n) is 4.89. The number of piperidine rings is 1. The molecule has 3 N–H and O–H groups in total. The van der Waals surface area contributed by atoms with Crippen molar-refractivity contribution in [1.29, 1.82) is 0 Å². The Balaban J connectivity index is 1.12. The Morgan fingerprint density at radius 1 is 0.931 bits per heavy atom. The van der Waals surface area contributed by atoms with Gasteiger partial charge in [-0.1, -0.05) is 60.7 Å². The van der Waals surface area contributed by atoms with E-state index >= 15 is 0 Å². The SMILES string of the molecule is O=C(NC1CCN(C2CC(c3ccccc3)NN2)CC1)C1(c2ccccc2)CC1. The largest absolute Gasteiger partial charge is 0.353 e. The lowest BCUT2D eigenvalue weighted by molar-refractivity contribution is -0.124. The molecule has 1 amide bonds. The van der Waals surface area contributed by atoms with Crippen molar-refractivity contribution in [2.75, 3.05) is 13.1 Å². The Hall–Kier alpha value is -2.21. The molecule has 3 fully saturated rings. The summed E-state index contributed by atoms with van der Waals surface area (Å²) in [6.45, 7) is 2.04. The second-order valence-corrected chi connectivity index (χ2v) is 8.74. The molecule has 0 bridgehead atoms. The van der Waals surface area contributed by atoms with Crippen molar-refractivity contribution in [1.82, 2.24) is 21.1 Å². The highest BCUT2D eigenvalue weighted by molar-refractivity contribution is 5.91. The number of likely N-dealkylation sites (tertiary alicyclic amines) is 1. The topological polar surface area (TPSA) is 56.4 Å². The molecule has 2 unspecified atom stereocenters. The molecule has 5 nitrogen and oxygen atoms in total. The molecule has 0 aromatic heterocycles. The molecule has 1 saturated carbocycles. The van der Waals surface area contributed by atoms with Gasteiger partial charge in [0.2, 0.25) is 5.91 Å². The van der Waals surface area contributed by atoms with Crippen molar-refractivity contribution in [3.63, 3.8) is 0 Å². The predicted molar refractivity (Wildman–Crippen MR) is 114 cm³/mol. The lowest BCUT2D eigenvalue weighted by atomic mass is 9.93. The number of hydrogen-bond acceptors (Lipinski definition) is 4. The third kappa shape index (κ3) is 3.82. The first kappa shape index (κ1) is 18.8. The first-order valence-corrected chi connectivity index (χ1v) is 10.9. The van der Waals surface area contributed by atoms with Gasteiger partial charge in [-0.2, -0.15) is 0 Å². The molecule has 152 valence electrons. The molecule has 0 spiro atoms. The third-order valence-electron chi connectivity index (χ3n) is 6.90. The van der Waals surface area contributed by atoms with Gasteiger partial charge in [-0.05, 0) is 43.2 Å². The van der Waals surface area contributed by atoms with Crippen LogP contribution in [0.3, 0.4) is 0 Å². The van der Waals surface area contributed by atoms with Gasteiger partial charge in [0.25, 0.3) is 0 Å². The Bertz CT molecular complexity index is 828. The molecule has 2 atom stereocenters. The van der Waals surface area contributed by atoms with Gasteiger partial charge < -0.3 is 5.32 Å². The molecule has 1 aliphatic carbocycles. The van der Waals surface area contributed by atoms with Crippen LogP contribution in [0.1, 0.15) is 49.3 Å². The van der Waals surface area contributed by atoms with E-state index in [2.05, 4.69) is 63.5 Å². The second kappa shape index (κ2) is 7.90. The zero-order valence-corrected chi connectivity index (χ0v) is 16.8. The van der Waals surface area contributed by atoms with Gasteiger partial charge in [0.15, 0.2) is 0 Å². The normalized spacial score (nSPS) is 26.9. The monoisotopic (exact) mass is 390 g/mol.